The Morgan fingerprint density at radius 2 is 2.29 bits per heavy atom. The number of thiol groups is 1. The quantitative estimate of drug-likeness (QED) is 0.705. The normalized spacial score (nSPS) is 24.7. The SMILES string of the molecule is CC(=O)C1CC(/C=C\S)=C(C)CN1C. The Kier molecular flexibility index (Phi) is 3.96. The average molecular weight is 211 g/mol. The fraction of sp³-hybridized carbons (Fsp3) is 0.545. The first-order chi connectivity index (χ1) is 6.56. The summed E-state index contributed by atoms with van der Waals surface area (Å²) in [6.07, 6.45) is 2.80. The first kappa shape index (κ1) is 11.5. The van der Waals surface area contributed by atoms with Gasteiger partial charge in [-0.2, -0.15) is 12.6 Å². The first-order valence-electron chi connectivity index (χ1n) is 4.76. The monoisotopic (exact) mass is 211 g/mol. The fourth-order valence-corrected chi connectivity index (χ4v) is 2.06. The van der Waals surface area contributed by atoms with Crippen LogP contribution >= 0.6 is 12.6 Å². The van der Waals surface area contributed by atoms with E-state index in [0.29, 0.717) is 0 Å². The van der Waals surface area contributed by atoms with Crippen molar-refractivity contribution in [2.45, 2.75) is 26.3 Å². The number of nitrogens with zero attached hydrogens (tertiary/aromatic N) is 1. The van der Waals surface area contributed by atoms with Crippen LogP contribution in [0.4, 0.5) is 0 Å². The van der Waals surface area contributed by atoms with Crippen LogP contribution in [0.5, 0.6) is 0 Å². The van der Waals surface area contributed by atoms with Crippen molar-refractivity contribution in [3.8, 4) is 0 Å². The third-order valence-corrected chi connectivity index (χ3v) is 2.87. The van der Waals surface area contributed by atoms with Gasteiger partial charge in [-0.25, -0.2) is 0 Å². The molecule has 2 nitrogen and oxygen atoms in total. The molecule has 0 aliphatic carbocycles. The summed E-state index contributed by atoms with van der Waals surface area (Å²) < 4.78 is 0. The van der Waals surface area contributed by atoms with Gasteiger partial charge < -0.3 is 0 Å². The van der Waals surface area contributed by atoms with Crippen LogP contribution in [0.3, 0.4) is 0 Å². The molecular formula is C11H17NOS. The van der Waals surface area contributed by atoms with Gasteiger partial charge in [-0.3, -0.25) is 9.69 Å². The number of allylic oxidation sites excluding steroid dienone is 1. The first-order valence-corrected chi connectivity index (χ1v) is 5.28. The lowest BCUT2D eigenvalue weighted by Crippen LogP contribution is -2.41. The molecule has 1 heterocycles. The fourth-order valence-electron chi connectivity index (χ4n) is 1.88. The van der Waals surface area contributed by atoms with E-state index in [1.165, 1.54) is 11.1 Å². The largest absolute Gasteiger partial charge is 0.298 e. The van der Waals surface area contributed by atoms with E-state index >= 15 is 0 Å². The van der Waals surface area contributed by atoms with Gasteiger partial charge in [-0.05, 0) is 38.3 Å². The zero-order valence-corrected chi connectivity index (χ0v) is 9.84. The van der Waals surface area contributed by atoms with Crippen LogP contribution in [-0.4, -0.2) is 30.3 Å². The Morgan fingerprint density at radius 3 is 2.79 bits per heavy atom. The van der Waals surface area contributed by atoms with Crippen molar-refractivity contribution in [3.63, 3.8) is 0 Å². The molecule has 1 rings (SSSR count). The molecule has 0 saturated carbocycles. The minimum atomic E-state index is 0.0400. The molecule has 3 heteroatoms. The van der Waals surface area contributed by atoms with Gasteiger partial charge in [0.2, 0.25) is 0 Å². The van der Waals surface area contributed by atoms with Gasteiger partial charge in [-0.15, -0.1) is 0 Å². The Hall–Kier alpha value is -0.540. The molecule has 0 aromatic carbocycles. The van der Waals surface area contributed by atoms with Crippen LogP contribution < -0.4 is 0 Å². The molecule has 0 amide bonds. The van der Waals surface area contributed by atoms with Crippen molar-refractivity contribution in [1.29, 1.82) is 0 Å². The predicted octanol–water partition coefficient (Wildman–Crippen LogP) is 2.04. The Bertz CT molecular complexity index is 294. The summed E-state index contributed by atoms with van der Waals surface area (Å²) in [6.45, 7) is 4.64. The smallest absolute Gasteiger partial charge is 0.147 e. The zero-order chi connectivity index (χ0) is 10.7. The maximum atomic E-state index is 11.4. The number of ketones is 1. The lowest BCUT2D eigenvalue weighted by Gasteiger charge is -2.32. The van der Waals surface area contributed by atoms with Crippen molar-refractivity contribution < 1.29 is 4.79 Å². The molecule has 0 bridgehead atoms. The van der Waals surface area contributed by atoms with E-state index in [0.717, 1.165) is 13.0 Å². The van der Waals surface area contributed by atoms with Gasteiger partial charge in [0.05, 0.1) is 6.04 Å². The predicted molar refractivity (Wildman–Crippen MR) is 62.5 cm³/mol. The van der Waals surface area contributed by atoms with Crippen LogP contribution in [0.15, 0.2) is 22.6 Å². The van der Waals surface area contributed by atoms with Crippen LogP contribution in [-0.2, 0) is 4.79 Å². The molecule has 0 aromatic heterocycles. The second kappa shape index (κ2) is 4.80. The molecule has 1 aliphatic heterocycles. The molecule has 1 atom stereocenters. The molecule has 14 heavy (non-hydrogen) atoms. The Balaban J connectivity index is 2.88. The summed E-state index contributed by atoms with van der Waals surface area (Å²) in [5.74, 6) is 0.241. The number of carbonyl (C=O) groups is 1. The summed E-state index contributed by atoms with van der Waals surface area (Å²) in [7, 11) is 2.00. The van der Waals surface area contributed by atoms with Crippen LogP contribution in [0, 0.1) is 0 Å². The van der Waals surface area contributed by atoms with E-state index in [-0.39, 0.29) is 11.8 Å². The summed E-state index contributed by atoms with van der Waals surface area (Å²) >= 11 is 4.06. The highest BCUT2D eigenvalue weighted by Gasteiger charge is 2.25. The standard InChI is InChI=1S/C11H17NOS/c1-8-7-12(3)11(9(2)13)6-10(8)4-5-14/h4-5,11,14H,6-7H2,1-3H3/b5-4-. The molecule has 78 valence electrons. The molecule has 0 radical (unpaired) electrons. The molecule has 1 aliphatic rings. The van der Waals surface area contributed by atoms with Crippen molar-refractivity contribution >= 4 is 18.4 Å². The van der Waals surface area contributed by atoms with E-state index in [1.54, 1.807) is 12.3 Å². The van der Waals surface area contributed by atoms with Gasteiger partial charge in [0.1, 0.15) is 5.78 Å². The second-order valence-corrected chi connectivity index (χ2v) is 4.17. The number of Topliss-reactive ketones (excluding diaryl/α,β-unsaturated/α-hetero) is 1. The van der Waals surface area contributed by atoms with E-state index < -0.39 is 0 Å². The van der Waals surface area contributed by atoms with Crippen molar-refractivity contribution in [2.75, 3.05) is 13.6 Å². The molecule has 0 fully saturated rings. The van der Waals surface area contributed by atoms with Crippen LogP contribution in [0.2, 0.25) is 0 Å². The van der Waals surface area contributed by atoms with Crippen molar-refractivity contribution in [1.82, 2.24) is 4.90 Å². The number of rotatable bonds is 2. The average Bonchev–Trinajstić information content (AvgIpc) is 2.09. The summed E-state index contributed by atoms with van der Waals surface area (Å²) in [6, 6.07) is 0.0400. The van der Waals surface area contributed by atoms with E-state index in [1.807, 2.05) is 13.1 Å². The molecular weight excluding hydrogens is 194 g/mol. The number of carbonyl (C=O) groups excluding carboxylic acids is 1. The van der Waals surface area contributed by atoms with Gasteiger partial charge in [0, 0.05) is 6.54 Å². The number of hydrogen-bond acceptors (Lipinski definition) is 3. The Morgan fingerprint density at radius 1 is 1.64 bits per heavy atom. The Labute approximate surface area is 91.1 Å². The minimum absolute atomic E-state index is 0.0400. The van der Waals surface area contributed by atoms with Crippen molar-refractivity contribution in [2.24, 2.45) is 0 Å². The highest BCUT2D eigenvalue weighted by atomic mass is 32.1. The summed E-state index contributed by atoms with van der Waals surface area (Å²) in [4.78, 5) is 13.5. The lowest BCUT2D eigenvalue weighted by molar-refractivity contribution is -0.121. The maximum Gasteiger partial charge on any atom is 0.147 e. The summed E-state index contributed by atoms with van der Waals surface area (Å²) in [5, 5.41) is 1.74. The second-order valence-electron chi connectivity index (χ2n) is 3.87. The summed E-state index contributed by atoms with van der Waals surface area (Å²) in [5.41, 5.74) is 2.58. The minimum Gasteiger partial charge on any atom is -0.298 e. The third-order valence-electron chi connectivity index (χ3n) is 2.73. The van der Waals surface area contributed by atoms with E-state index in [9.17, 15) is 4.79 Å². The van der Waals surface area contributed by atoms with Gasteiger partial charge >= 0.3 is 0 Å². The van der Waals surface area contributed by atoms with Gasteiger partial charge in [-0.1, -0.05) is 11.6 Å². The van der Waals surface area contributed by atoms with Crippen LogP contribution in [0.25, 0.3) is 0 Å². The van der Waals surface area contributed by atoms with E-state index in [2.05, 4.69) is 24.5 Å². The molecule has 0 spiro atoms. The van der Waals surface area contributed by atoms with Gasteiger partial charge in [0.25, 0.3) is 0 Å². The number of hydrogen-bond donors (Lipinski definition) is 1. The highest BCUT2D eigenvalue weighted by Crippen LogP contribution is 2.23. The third kappa shape index (κ3) is 2.49. The molecule has 0 N–H and O–H groups in total. The van der Waals surface area contributed by atoms with Crippen molar-refractivity contribution in [3.05, 3.63) is 22.6 Å². The maximum absolute atomic E-state index is 11.4. The van der Waals surface area contributed by atoms with E-state index in [4.69, 9.17) is 0 Å². The molecule has 0 aromatic rings. The topological polar surface area (TPSA) is 20.3 Å². The highest BCUT2D eigenvalue weighted by molar-refractivity contribution is 7.83. The van der Waals surface area contributed by atoms with Gasteiger partial charge in [0.15, 0.2) is 0 Å². The zero-order valence-electron chi connectivity index (χ0n) is 8.95. The lowest BCUT2D eigenvalue weighted by atomic mass is 9.93. The van der Waals surface area contributed by atoms with Crippen LogP contribution in [0.1, 0.15) is 20.3 Å². The molecule has 0 saturated heterocycles. The molecule has 1 unspecified atom stereocenters. The number of likely N-dealkylation sites (N-methyl/N-ethyl adjacent to an activating group) is 1.